The van der Waals surface area contributed by atoms with Crippen molar-refractivity contribution in [2.75, 3.05) is 13.1 Å². The highest BCUT2D eigenvalue weighted by atomic mass is 35.5. The Morgan fingerprint density at radius 2 is 1.73 bits per heavy atom. The molecule has 0 aromatic heterocycles. The zero-order chi connectivity index (χ0) is 15.2. The maximum Gasteiger partial charge on any atom is 0.0406 e. The fourth-order valence-corrected chi connectivity index (χ4v) is 3.52. The number of rotatable bonds is 5. The van der Waals surface area contributed by atoms with Gasteiger partial charge in [-0.3, -0.25) is 4.90 Å². The van der Waals surface area contributed by atoms with Crippen LogP contribution in [0.1, 0.15) is 30.4 Å². The minimum Gasteiger partial charge on any atom is -0.299 e. The molecule has 0 N–H and O–H groups in total. The third kappa shape index (κ3) is 4.59. The van der Waals surface area contributed by atoms with Gasteiger partial charge in [0.15, 0.2) is 0 Å². The van der Waals surface area contributed by atoms with Crippen LogP contribution < -0.4 is 0 Å². The Morgan fingerprint density at radius 3 is 2.50 bits per heavy atom. The molecule has 0 spiro atoms. The molecule has 2 aromatic carbocycles. The van der Waals surface area contributed by atoms with Gasteiger partial charge in [0.05, 0.1) is 0 Å². The van der Waals surface area contributed by atoms with E-state index < -0.39 is 0 Å². The third-order valence-corrected chi connectivity index (χ3v) is 4.86. The Hall–Kier alpha value is -1.31. The molecule has 1 nitrogen and oxygen atoms in total. The summed E-state index contributed by atoms with van der Waals surface area (Å²) in [6, 6.07) is 19.1. The van der Waals surface area contributed by atoms with Gasteiger partial charge in [-0.1, -0.05) is 54.1 Å². The average molecular weight is 314 g/mol. The van der Waals surface area contributed by atoms with Crippen molar-refractivity contribution in [2.45, 2.75) is 32.2 Å². The van der Waals surface area contributed by atoms with Crippen molar-refractivity contribution in [1.29, 1.82) is 0 Å². The molecule has 3 rings (SSSR count). The van der Waals surface area contributed by atoms with Gasteiger partial charge in [-0.25, -0.2) is 0 Å². The second kappa shape index (κ2) is 7.80. The first kappa shape index (κ1) is 15.6. The Morgan fingerprint density at radius 1 is 0.955 bits per heavy atom. The standard InChI is InChI=1S/C20H24ClN/c21-20-12-10-17(11-13-20)8-9-19-7-4-14-22(16-19)15-18-5-2-1-3-6-18/h1-3,5-6,10-13,19H,4,7-9,14-16H2. The largest absolute Gasteiger partial charge is 0.299 e. The van der Waals surface area contributed by atoms with E-state index in [4.69, 9.17) is 11.6 Å². The van der Waals surface area contributed by atoms with Crippen molar-refractivity contribution in [1.82, 2.24) is 4.90 Å². The van der Waals surface area contributed by atoms with Crippen LogP contribution >= 0.6 is 11.6 Å². The smallest absolute Gasteiger partial charge is 0.0406 e. The number of nitrogens with zero attached hydrogens (tertiary/aromatic N) is 1. The average Bonchev–Trinajstić information content (AvgIpc) is 2.56. The van der Waals surface area contributed by atoms with E-state index >= 15 is 0 Å². The molecule has 1 aliphatic rings. The molecule has 1 aliphatic heterocycles. The van der Waals surface area contributed by atoms with Crippen LogP contribution in [0, 0.1) is 5.92 Å². The van der Waals surface area contributed by atoms with Crippen molar-refractivity contribution in [3.63, 3.8) is 0 Å². The van der Waals surface area contributed by atoms with Gasteiger partial charge in [0.2, 0.25) is 0 Å². The second-order valence-corrected chi connectivity index (χ2v) is 6.83. The summed E-state index contributed by atoms with van der Waals surface area (Å²) in [5, 5.41) is 0.829. The highest BCUT2D eigenvalue weighted by Crippen LogP contribution is 2.23. The van der Waals surface area contributed by atoms with Crippen molar-refractivity contribution in [3.05, 3.63) is 70.7 Å². The fraction of sp³-hybridized carbons (Fsp3) is 0.400. The van der Waals surface area contributed by atoms with Crippen LogP contribution in [0.2, 0.25) is 5.02 Å². The molecule has 1 heterocycles. The number of piperidine rings is 1. The van der Waals surface area contributed by atoms with Gasteiger partial charge in [0, 0.05) is 18.1 Å². The second-order valence-electron chi connectivity index (χ2n) is 6.39. The third-order valence-electron chi connectivity index (χ3n) is 4.61. The van der Waals surface area contributed by atoms with Crippen LogP contribution in [0.25, 0.3) is 0 Å². The van der Waals surface area contributed by atoms with E-state index in [1.807, 2.05) is 12.1 Å². The highest BCUT2D eigenvalue weighted by molar-refractivity contribution is 6.30. The molecule has 0 saturated carbocycles. The summed E-state index contributed by atoms with van der Waals surface area (Å²) in [4.78, 5) is 2.62. The Kier molecular flexibility index (Phi) is 5.53. The Bertz CT molecular complexity index is 564. The van der Waals surface area contributed by atoms with E-state index in [0.29, 0.717) is 0 Å². The van der Waals surface area contributed by atoms with Gasteiger partial charge < -0.3 is 0 Å². The van der Waals surface area contributed by atoms with Gasteiger partial charge in [0.1, 0.15) is 0 Å². The number of hydrogen-bond donors (Lipinski definition) is 0. The van der Waals surface area contributed by atoms with E-state index in [2.05, 4.69) is 47.4 Å². The zero-order valence-corrected chi connectivity index (χ0v) is 13.8. The predicted octanol–water partition coefficient (Wildman–Crippen LogP) is 5.18. The van der Waals surface area contributed by atoms with Gasteiger partial charge in [-0.15, -0.1) is 0 Å². The SMILES string of the molecule is Clc1ccc(CCC2CCCN(Cc3ccccc3)C2)cc1. The molecule has 0 radical (unpaired) electrons. The first-order valence-corrected chi connectivity index (χ1v) is 8.68. The topological polar surface area (TPSA) is 3.24 Å². The number of halogens is 1. The van der Waals surface area contributed by atoms with Crippen LogP contribution in [-0.4, -0.2) is 18.0 Å². The molecule has 1 saturated heterocycles. The van der Waals surface area contributed by atoms with Crippen molar-refractivity contribution in [2.24, 2.45) is 5.92 Å². The predicted molar refractivity (Wildman–Crippen MR) is 94.2 cm³/mol. The normalized spacial score (nSPS) is 19.2. The summed E-state index contributed by atoms with van der Waals surface area (Å²) >= 11 is 5.95. The Balaban J connectivity index is 1.49. The van der Waals surface area contributed by atoms with Gasteiger partial charge in [0.25, 0.3) is 0 Å². The molecule has 0 amide bonds. The number of hydrogen-bond acceptors (Lipinski definition) is 1. The van der Waals surface area contributed by atoms with Gasteiger partial charge in [-0.2, -0.15) is 0 Å². The minimum atomic E-state index is 0.827. The summed E-state index contributed by atoms with van der Waals surface area (Å²) in [5.41, 5.74) is 2.84. The molecule has 116 valence electrons. The first-order valence-electron chi connectivity index (χ1n) is 8.30. The lowest BCUT2D eigenvalue weighted by Gasteiger charge is -2.32. The summed E-state index contributed by atoms with van der Waals surface area (Å²) in [7, 11) is 0. The fourth-order valence-electron chi connectivity index (χ4n) is 3.39. The van der Waals surface area contributed by atoms with Crippen molar-refractivity contribution >= 4 is 11.6 Å². The molecule has 2 heteroatoms. The molecule has 1 fully saturated rings. The summed E-state index contributed by atoms with van der Waals surface area (Å²) < 4.78 is 0. The van der Waals surface area contributed by atoms with Gasteiger partial charge >= 0.3 is 0 Å². The summed E-state index contributed by atoms with van der Waals surface area (Å²) in [6.45, 7) is 3.58. The quantitative estimate of drug-likeness (QED) is 0.734. The lowest BCUT2D eigenvalue weighted by Crippen LogP contribution is -2.35. The van der Waals surface area contributed by atoms with Crippen LogP contribution in [0.3, 0.4) is 0 Å². The molecule has 1 atom stereocenters. The number of likely N-dealkylation sites (tertiary alicyclic amines) is 1. The molecule has 1 unspecified atom stereocenters. The monoisotopic (exact) mass is 313 g/mol. The summed E-state index contributed by atoms with van der Waals surface area (Å²) in [6.07, 6.45) is 5.16. The summed E-state index contributed by atoms with van der Waals surface area (Å²) in [5.74, 6) is 0.827. The molecular weight excluding hydrogens is 290 g/mol. The van der Waals surface area contributed by atoms with Gasteiger partial charge in [-0.05, 0) is 61.4 Å². The number of benzene rings is 2. The molecule has 0 bridgehead atoms. The van der Waals surface area contributed by atoms with Crippen LogP contribution in [0.5, 0.6) is 0 Å². The molecule has 0 aliphatic carbocycles. The van der Waals surface area contributed by atoms with E-state index in [0.717, 1.165) is 17.5 Å². The Labute approximate surface area is 138 Å². The van der Waals surface area contributed by atoms with Crippen molar-refractivity contribution < 1.29 is 0 Å². The van der Waals surface area contributed by atoms with Crippen molar-refractivity contribution in [3.8, 4) is 0 Å². The van der Waals surface area contributed by atoms with E-state index in [1.54, 1.807) is 0 Å². The van der Waals surface area contributed by atoms with E-state index in [9.17, 15) is 0 Å². The molecule has 2 aromatic rings. The first-order chi connectivity index (χ1) is 10.8. The lowest BCUT2D eigenvalue weighted by atomic mass is 9.91. The lowest BCUT2D eigenvalue weighted by molar-refractivity contribution is 0.162. The van der Waals surface area contributed by atoms with Crippen LogP contribution in [0.4, 0.5) is 0 Å². The molecular formula is C20H24ClN. The maximum absolute atomic E-state index is 5.95. The maximum atomic E-state index is 5.95. The van der Waals surface area contributed by atoms with Crippen LogP contribution in [0.15, 0.2) is 54.6 Å². The van der Waals surface area contributed by atoms with E-state index in [1.165, 1.54) is 49.9 Å². The van der Waals surface area contributed by atoms with Crippen LogP contribution in [-0.2, 0) is 13.0 Å². The zero-order valence-electron chi connectivity index (χ0n) is 13.0. The number of aryl methyl sites for hydroxylation is 1. The van der Waals surface area contributed by atoms with E-state index in [-0.39, 0.29) is 0 Å². The minimum absolute atomic E-state index is 0.827. The highest BCUT2D eigenvalue weighted by Gasteiger charge is 2.19. The molecule has 22 heavy (non-hydrogen) atoms.